The minimum absolute atomic E-state index is 0.393. The second kappa shape index (κ2) is 10.2. The van der Waals surface area contributed by atoms with E-state index in [2.05, 4.69) is 5.32 Å². The molecule has 0 unspecified atom stereocenters. The highest BCUT2D eigenvalue weighted by molar-refractivity contribution is 5.68. The average molecular weight is 386 g/mol. The Morgan fingerprint density at radius 3 is 2.04 bits per heavy atom. The van der Waals surface area contributed by atoms with Crippen LogP contribution < -0.4 is 5.32 Å². The van der Waals surface area contributed by atoms with Crippen molar-refractivity contribution < 1.29 is 19.7 Å². The number of carbonyl (C=O) groups is 1. The SMILES string of the molecule is CC(C)(C)OC(=O)N[C@@H](Cc1ccccc1)[C@@H](O)[C@H](O)CCc1ccccc1. The van der Waals surface area contributed by atoms with Gasteiger partial charge >= 0.3 is 6.09 Å². The lowest BCUT2D eigenvalue weighted by atomic mass is 9.94. The maximum Gasteiger partial charge on any atom is 0.407 e. The molecule has 0 heterocycles. The predicted molar refractivity (Wildman–Crippen MR) is 110 cm³/mol. The van der Waals surface area contributed by atoms with E-state index in [4.69, 9.17) is 4.74 Å². The van der Waals surface area contributed by atoms with E-state index >= 15 is 0 Å². The molecule has 2 rings (SSSR count). The van der Waals surface area contributed by atoms with Gasteiger partial charge in [-0.3, -0.25) is 0 Å². The van der Waals surface area contributed by atoms with Crippen molar-refractivity contribution in [3.8, 4) is 0 Å². The molecule has 3 N–H and O–H groups in total. The molecule has 0 fully saturated rings. The highest BCUT2D eigenvalue weighted by Gasteiger charge is 2.29. The number of rotatable bonds is 8. The van der Waals surface area contributed by atoms with Crippen molar-refractivity contribution in [3.63, 3.8) is 0 Å². The van der Waals surface area contributed by atoms with Crippen LogP contribution in [0.15, 0.2) is 60.7 Å². The maximum atomic E-state index is 12.2. The van der Waals surface area contributed by atoms with Gasteiger partial charge in [0.2, 0.25) is 0 Å². The number of amides is 1. The molecule has 0 aliphatic heterocycles. The third-order valence-corrected chi connectivity index (χ3v) is 4.38. The first kappa shape index (κ1) is 21.9. The number of hydrogen-bond acceptors (Lipinski definition) is 4. The van der Waals surface area contributed by atoms with Gasteiger partial charge in [0.15, 0.2) is 0 Å². The molecular formula is C23H31NO4. The van der Waals surface area contributed by atoms with Gasteiger partial charge in [-0.1, -0.05) is 60.7 Å². The van der Waals surface area contributed by atoms with E-state index < -0.39 is 29.9 Å². The summed E-state index contributed by atoms with van der Waals surface area (Å²) in [7, 11) is 0. The van der Waals surface area contributed by atoms with Crippen LogP contribution in [0.3, 0.4) is 0 Å². The molecule has 0 aromatic heterocycles. The van der Waals surface area contributed by atoms with Gasteiger partial charge in [-0.15, -0.1) is 0 Å². The van der Waals surface area contributed by atoms with Gasteiger partial charge in [0.25, 0.3) is 0 Å². The van der Waals surface area contributed by atoms with Crippen LogP contribution in [-0.2, 0) is 17.6 Å². The highest BCUT2D eigenvalue weighted by Crippen LogP contribution is 2.15. The minimum atomic E-state index is -1.11. The Morgan fingerprint density at radius 1 is 0.964 bits per heavy atom. The number of ether oxygens (including phenoxy) is 1. The fourth-order valence-electron chi connectivity index (χ4n) is 2.98. The van der Waals surface area contributed by atoms with Gasteiger partial charge in [0.05, 0.1) is 12.1 Å². The average Bonchev–Trinajstić information content (AvgIpc) is 2.65. The quantitative estimate of drug-likeness (QED) is 0.650. The minimum Gasteiger partial charge on any atom is -0.444 e. The lowest BCUT2D eigenvalue weighted by molar-refractivity contribution is -0.0123. The van der Waals surface area contributed by atoms with Crippen molar-refractivity contribution in [1.82, 2.24) is 5.32 Å². The highest BCUT2D eigenvalue weighted by atomic mass is 16.6. The van der Waals surface area contributed by atoms with Crippen molar-refractivity contribution >= 4 is 6.09 Å². The number of aliphatic hydroxyl groups excluding tert-OH is 2. The number of aliphatic hydroxyl groups is 2. The molecule has 5 heteroatoms. The molecule has 0 radical (unpaired) electrons. The topological polar surface area (TPSA) is 78.8 Å². The van der Waals surface area contributed by atoms with Crippen LogP contribution in [0.4, 0.5) is 4.79 Å². The zero-order chi connectivity index (χ0) is 20.6. The van der Waals surface area contributed by atoms with Crippen LogP contribution in [0, 0.1) is 0 Å². The van der Waals surface area contributed by atoms with E-state index in [0.29, 0.717) is 19.3 Å². The molecule has 0 saturated heterocycles. The Bertz CT molecular complexity index is 712. The zero-order valence-electron chi connectivity index (χ0n) is 16.8. The first-order valence-electron chi connectivity index (χ1n) is 9.68. The van der Waals surface area contributed by atoms with E-state index in [1.807, 2.05) is 60.7 Å². The molecule has 2 aromatic rings. The van der Waals surface area contributed by atoms with Gasteiger partial charge in [0, 0.05) is 0 Å². The van der Waals surface area contributed by atoms with E-state index in [9.17, 15) is 15.0 Å². The number of carbonyl (C=O) groups excluding carboxylic acids is 1. The molecular weight excluding hydrogens is 354 g/mol. The number of aryl methyl sites for hydroxylation is 1. The van der Waals surface area contributed by atoms with Crippen LogP contribution in [0.2, 0.25) is 0 Å². The second-order valence-corrected chi connectivity index (χ2v) is 8.02. The maximum absolute atomic E-state index is 12.2. The summed E-state index contributed by atoms with van der Waals surface area (Å²) in [6, 6.07) is 18.7. The summed E-state index contributed by atoms with van der Waals surface area (Å²) in [6.07, 6.45) is -1.26. The van der Waals surface area contributed by atoms with Gasteiger partial charge in [-0.05, 0) is 51.2 Å². The van der Waals surface area contributed by atoms with Crippen LogP contribution >= 0.6 is 0 Å². The number of nitrogens with one attached hydrogen (secondary N) is 1. The Morgan fingerprint density at radius 2 is 1.50 bits per heavy atom. The van der Waals surface area contributed by atoms with E-state index in [1.165, 1.54) is 0 Å². The number of benzene rings is 2. The van der Waals surface area contributed by atoms with E-state index in [0.717, 1.165) is 11.1 Å². The Labute approximate surface area is 167 Å². The zero-order valence-corrected chi connectivity index (χ0v) is 16.8. The van der Waals surface area contributed by atoms with Crippen LogP contribution in [0.5, 0.6) is 0 Å². The first-order valence-corrected chi connectivity index (χ1v) is 9.68. The van der Waals surface area contributed by atoms with E-state index in [-0.39, 0.29) is 0 Å². The smallest absolute Gasteiger partial charge is 0.407 e. The second-order valence-electron chi connectivity index (χ2n) is 8.02. The molecule has 5 nitrogen and oxygen atoms in total. The first-order chi connectivity index (χ1) is 13.2. The van der Waals surface area contributed by atoms with Crippen molar-refractivity contribution in [1.29, 1.82) is 0 Å². The number of hydrogen-bond donors (Lipinski definition) is 3. The normalized spacial score (nSPS) is 14.8. The Hall–Kier alpha value is -2.37. The van der Waals surface area contributed by atoms with Crippen molar-refractivity contribution in [3.05, 3.63) is 71.8 Å². The standard InChI is InChI=1S/C23H31NO4/c1-23(2,3)28-22(27)24-19(16-18-12-8-5-9-13-18)21(26)20(25)15-14-17-10-6-4-7-11-17/h4-13,19-21,25-26H,14-16H2,1-3H3,(H,24,27)/t19-,20+,21+/m0/s1. The number of alkyl carbamates (subject to hydrolysis) is 1. The summed E-state index contributed by atoms with van der Waals surface area (Å²) in [5, 5.41) is 24.0. The third-order valence-electron chi connectivity index (χ3n) is 4.38. The van der Waals surface area contributed by atoms with E-state index in [1.54, 1.807) is 20.8 Å². The van der Waals surface area contributed by atoms with Gasteiger partial charge in [0.1, 0.15) is 11.7 Å². The van der Waals surface area contributed by atoms with Gasteiger partial charge in [-0.2, -0.15) is 0 Å². The van der Waals surface area contributed by atoms with Crippen molar-refractivity contribution in [2.75, 3.05) is 0 Å². The summed E-state index contributed by atoms with van der Waals surface area (Å²) in [4.78, 5) is 12.2. The molecule has 0 saturated carbocycles. The summed E-state index contributed by atoms with van der Waals surface area (Å²) < 4.78 is 5.32. The molecule has 0 bridgehead atoms. The molecule has 1 amide bonds. The lowest BCUT2D eigenvalue weighted by Crippen LogP contribution is -2.51. The predicted octanol–water partition coefficient (Wildman–Crippen LogP) is 3.48. The van der Waals surface area contributed by atoms with Crippen molar-refractivity contribution in [2.24, 2.45) is 0 Å². The van der Waals surface area contributed by atoms with Crippen LogP contribution in [0.1, 0.15) is 38.3 Å². The van der Waals surface area contributed by atoms with Crippen LogP contribution in [0.25, 0.3) is 0 Å². The molecule has 28 heavy (non-hydrogen) atoms. The van der Waals surface area contributed by atoms with Crippen LogP contribution in [-0.4, -0.2) is 40.2 Å². The molecule has 152 valence electrons. The van der Waals surface area contributed by atoms with Crippen molar-refractivity contribution in [2.45, 2.75) is 63.9 Å². The fraction of sp³-hybridized carbons (Fsp3) is 0.435. The molecule has 3 atom stereocenters. The van der Waals surface area contributed by atoms with Gasteiger partial charge in [-0.25, -0.2) is 4.79 Å². The largest absolute Gasteiger partial charge is 0.444 e. The molecule has 2 aromatic carbocycles. The Kier molecular flexibility index (Phi) is 8.03. The third kappa shape index (κ3) is 7.71. The van der Waals surface area contributed by atoms with Gasteiger partial charge < -0.3 is 20.3 Å². The summed E-state index contributed by atoms with van der Waals surface area (Å²) in [5.74, 6) is 0. The fourth-order valence-corrected chi connectivity index (χ4v) is 2.98. The summed E-state index contributed by atoms with van der Waals surface area (Å²) in [6.45, 7) is 5.34. The summed E-state index contributed by atoms with van der Waals surface area (Å²) in [5.41, 5.74) is 1.41. The molecule has 0 spiro atoms. The molecule has 0 aliphatic rings. The lowest BCUT2D eigenvalue weighted by Gasteiger charge is -2.29. The monoisotopic (exact) mass is 385 g/mol. The summed E-state index contributed by atoms with van der Waals surface area (Å²) >= 11 is 0. The molecule has 0 aliphatic carbocycles. The Balaban J connectivity index is 2.04.